The minimum Gasteiger partial charge on any atom is -0.207 e. The summed E-state index contributed by atoms with van der Waals surface area (Å²) in [7, 11) is -3.53. The van der Waals surface area contributed by atoms with Crippen LogP contribution in [0.15, 0.2) is 34.2 Å². The molecule has 0 saturated heterocycles. The molecule has 16 heavy (non-hydrogen) atoms. The van der Waals surface area contributed by atoms with Gasteiger partial charge < -0.3 is 0 Å². The van der Waals surface area contributed by atoms with Crippen molar-refractivity contribution in [2.24, 2.45) is 0 Å². The molecule has 0 bridgehead atoms. The molecule has 0 aliphatic rings. The topological polar surface area (TPSA) is 46.2 Å². The minimum atomic E-state index is -3.53. The molecule has 0 spiro atoms. The van der Waals surface area contributed by atoms with Crippen LogP contribution < -0.4 is 4.72 Å². The van der Waals surface area contributed by atoms with Crippen molar-refractivity contribution in [1.29, 1.82) is 0 Å². The van der Waals surface area contributed by atoms with Crippen LogP contribution in [-0.2, 0) is 10.0 Å². The van der Waals surface area contributed by atoms with Crippen molar-refractivity contribution >= 4 is 37.6 Å². The molecule has 0 radical (unpaired) electrons. The highest BCUT2D eigenvalue weighted by Gasteiger charge is 2.17. The molecule has 0 atom stereocenters. The predicted octanol–water partition coefficient (Wildman–Crippen LogP) is 2.84. The number of hydrogen-bond donors (Lipinski definition) is 1. The Kier molecular flexibility index (Phi) is 4.55. The summed E-state index contributed by atoms with van der Waals surface area (Å²) in [4.78, 5) is 0.189. The molecule has 1 aromatic rings. The third kappa shape index (κ3) is 3.31. The monoisotopic (exact) mass is 323 g/mol. The van der Waals surface area contributed by atoms with E-state index in [1.165, 1.54) is 6.07 Å². The number of halogens is 2. The second-order valence-corrected chi connectivity index (χ2v) is 6.47. The highest BCUT2D eigenvalue weighted by atomic mass is 79.9. The van der Waals surface area contributed by atoms with Crippen LogP contribution in [0.3, 0.4) is 0 Å². The maximum atomic E-state index is 11.9. The number of benzene rings is 1. The first-order valence-corrected chi connectivity index (χ1v) is 7.08. The maximum absolute atomic E-state index is 11.9. The SMILES string of the molecule is C=C(Br)CNS(=O)(=O)c1cccc(Cl)c1C. The third-order valence-corrected chi connectivity index (χ3v) is 4.20. The van der Waals surface area contributed by atoms with Gasteiger partial charge in [-0.1, -0.05) is 40.2 Å². The lowest BCUT2D eigenvalue weighted by atomic mass is 10.2. The van der Waals surface area contributed by atoms with E-state index in [-0.39, 0.29) is 11.4 Å². The Balaban J connectivity index is 3.08. The molecule has 0 aliphatic heterocycles. The molecule has 88 valence electrons. The molecule has 0 aliphatic carbocycles. The fourth-order valence-corrected chi connectivity index (χ4v) is 2.98. The van der Waals surface area contributed by atoms with E-state index in [1.54, 1.807) is 19.1 Å². The Bertz CT molecular complexity index is 514. The first-order chi connectivity index (χ1) is 7.34. The third-order valence-electron chi connectivity index (χ3n) is 1.96. The van der Waals surface area contributed by atoms with Gasteiger partial charge >= 0.3 is 0 Å². The van der Waals surface area contributed by atoms with E-state index < -0.39 is 10.0 Å². The highest BCUT2D eigenvalue weighted by molar-refractivity contribution is 9.11. The molecule has 0 unspecified atom stereocenters. The quantitative estimate of drug-likeness (QED) is 0.925. The van der Waals surface area contributed by atoms with Crippen LogP contribution in [0.2, 0.25) is 5.02 Å². The van der Waals surface area contributed by atoms with Gasteiger partial charge in [0.05, 0.1) is 4.90 Å². The molecule has 1 N–H and O–H groups in total. The van der Waals surface area contributed by atoms with Crippen molar-refractivity contribution in [3.63, 3.8) is 0 Å². The van der Waals surface area contributed by atoms with E-state index in [1.807, 2.05) is 0 Å². The van der Waals surface area contributed by atoms with Gasteiger partial charge in [0.15, 0.2) is 0 Å². The summed E-state index contributed by atoms with van der Waals surface area (Å²) in [5, 5.41) is 0.431. The van der Waals surface area contributed by atoms with Gasteiger partial charge in [0.2, 0.25) is 10.0 Å². The van der Waals surface area contributed by atoms with Crippen LogP contribution in [0.4, 0.5) is 0 Å². The van der Waals surface area contributed by atoms with Gasteiger partial charge in [0.1, 0.15) is 0 Å². The van der Waals surface area contributed by atoms with Gasteiger partial charge in [-0.3, -0.25) is 0 Å². The van der Waals surface area contributed by atoms with E-state index in [9.17, 15) is 8.42 Å². The normalized spacial score (nSPS) is 11.4. The first-order valence-electron chi connectivity index (χ1n) is 4.42. The fourth-order valence-electron chi connectivity index (χ4n) is 1.13. The van der Waals surface area contributed by atoms with Crippen LogP contribution >= 0.6 is 27.5 Å². The lowest BCUT2D eigenvalue weighted by Gasteiger charge is -2.09. The zero-order valence-electron chi connectivity index (χ0n) is 8.63. The maximum Gasteiger partial charge on any atom is 0.241 e. The van der Waals surface area contributed by atoms with Crippen LogP contribution in [0.25, 0.3) is 0 Å². The molecule has 3 nitrogen and oxygen atoms in total. The Morgan fingerprint density at radius 3 is 2.75 bits per heavy atom. The van der Waals surface area contributed by atoms with Crippen molar-refractivity contribution < 1.29 is 8.42 Å². The van der Waals surface area contributed by atoms with Gasteiger partial charge in [0, 0.05) is 16.0 Å². The molecule has 1 aromatic carbocycles. The Labute approximate surface area is 109 Å². The van der Waals surface area contributed by atoms with Crippen LogP contribution in [0.5, 0.6) is 0 Å². The van der Waals surface area contributed by atoms with Gasteiger partial charge in [0.25, 0.3) is 0 Å². The van der Waals surface area contributed by atoms with Gasteiger partial charge in [-0.25, -0.2) is 13.1 Å². The van der Waals surface area contributed by atoms with Crippen LogP contribution in [0.1, 0.15) is 5.56 Å². The standard InChI is InChI=1S/C10H11BrClNO2S/c1-7(11)6-13-16(14,15)10-5-3-4-9(12)8(10)2/h3-5,13H,1,6H2,2H3. The molecule has 6 heteroatoms. The van der Waals surface area contributed by atoms with E-state index >= 15 is 0 Å². The number of nitrogens with one attached hydrogen (secondary N) is 1. The van der Waals surface area contributed by atoms with Crippen molar-refractivity contribution in [3.05, 3.63) is 39.8 Å². The second-order valence-electron chi connectivity index (χ2n) is 3.20. The Morgan fingerprint density at radius 1 is 1.56 bits per heavy atom. The van der Waals surface area contributed by atoms with Crippen LogP contribution in [0, 0.1) is 6.92 Å². The van der Waals surface area contributed by atoms with E-state index in [2.05, 4.69) is 27.2 Å². The van der Waals surface area contributed by atoms with Gasteiger partial charge in [-0.2, -0.15) is 0 Å². The summed E-state index contributed by atoms with van der Waals surface area (Å²) in [6, 6.07) is 4.77. The lowest BCUT2D eigenvalue weighted by molar-refractivity contribution is 0.585. The van der Waals surface area contributed by atoms with Gasteiger partial charge in [-0.15, -0.1) is 0 Å². The van der Waals surface area contributed by atoms with E-state index in [0.717, 1.165) is 0 Å². The first kappa shape index (κ1) is 13.7. The second kappa shape index (κ2) is 5.31. The van der Waals surface area contributed by atoms with E-state index in [0.29, 0.717) is 15.1 Å². The van der Waals surface area contributed by atoms with Crippen molar-refractivity contribution in [1.82, 2.24) is 4.72 Å². The van der Waals surface area contributed by atoms with Crippen molar-refractivity contribution in [2.75, 3.05) is 6.54 Å². The summed E-state index contributed by atoms with van der Waals surface area (Å²) in [5.74, 6) is 0. The molecule has 1 rings (SSSR count). The molecule has 0 saturated carbocycles. The number of sulfonamides is 1. The summed E-state index contributed by atoms with van der Waals surface area (Å²) in [6.45, 7) is 5.37. The summed E-state index contributed by atoms with van der Waals surface area (Å²) in [5.41, 5.74) is 0.539. The highest BCUT2D eigenvalue weighted by Crippen LogP contribution is 2.22. The van der Waals surface area contributed by atoms with E-state index in [4.69, 9.17) is 11.6 Å². The summed E-state index contributed by atoms with van der Waals surface area (Å²) < 4.78 is 26.7. The fraction of sp³-hybridized carbons (Fsp3) is 0.200. The Morgan fingerprint density at radius 2 is 2.19 bits per heavy atom. The zero-order valence-corrected chi connectivity index (χ0v) is 11.8. The Hall–Kier alpha value is -0.360. The average molecular weight is 325 g/mol. The van der Waals surface area contributed by atoms with Crippen molar-refractivity contribution in [2.45, 2.75) is 11.8 Å². The average Bonchev–Trinajstić information content (AvgIpc) is 2.19. The lowest BCUT2D eigenvalue weighted by Crippen LogP contribution is -2.25. The molecule has 0 fully saturated rings. The zero-order chi connectivity index (χ0) is 12.3. The molecule has 0 aromatic heterocycles. The van der Waals surface area contributed by atoms with Gasteiger partial charge in [-0.05, 0) is 24.6 Å². The number of rotatable bonds is 4. The van der Waals surface area contributed by atoms with Crippen molar-refractivity contribution in [3.8, 4) is 0 Å². The summed E-state index contributed by atoms with van der Waals surface area (Å²) >= 11 is 8.95. The minimum absolute atomic E-state index is 0.147. The number of hydrogen-bond acceptors (Lipinski definition) is 2. The summed E-state index contributed by atoms with van der Waals surface area (Å²) in [6.07, 6.45) is 0. The largest absolute Gasteiger partial charge is 0.241 e. The predicted molar refractivity (Wildman–Crippen MR) is 69.4 cm³/mol. The molecular weight excluding hydrogens is 314 g/mol. The molecular formula is C10H11BrClNO2S. The van der Waals surface area contributed by atoms with Crippen LogP contribution in [-0.4, -0.2) is 15.0 Å². The smallest absolute Gasteiger partial charge is 0.207 e. The molecule has 0 heterocycles. The molecule has 0 amide bonds.